The van der Waals surface area contributed by atoms with Crippen molar-refractivity contribution in [2.75, 3.05) is 13.1 Å². The van der Waals surface area contributed by atoms with Crippen LogP contribution < -0.4 is 10.6 Å². The highest BCUT2D eigenvalue weighted by Gasteiger charge is 2.33. The van der Waals surface area contributed by atoms with Crippen molar-refractivity contribution in [1.29, 1.82) is 0 Å². The molecule has 6 heteroatoms. The zero-order chi connectivity index (χ0) is 15.6. The van der Waals surface area contributed by atoms with Crippen LogP contribution in [0.3, 0.4) is 0 Å². The van der Waals surface area contributed by atoms with Crippen LogP contribution in [0.1, 0.15) is 32.3 Å². The maximum Gasteiger partial charge on any atom is 0.407 e. The maximum absolute atomic E-state index is 13.9. The third-order valence-electron chi connectivity index (χ3n) is 3.30. The van der Waals surface area contributed by atoms with Gasteiger partial charge in [-0.1, -0.05) is 12.1 Å². The number of ether oxygens (including phenoxy) is 1. The fourth-order valence-electron chi connectivity index (χ4n) is 2.42. The Bertz CT molecular complexity index is 529. The number of alkyl carbamates (subject to hydrolysis) is 1. The minimum atomic E-state index is -0.879. The molecule has 1 aromatic carbocycles. The predicted octanol–water partition coefficient (Wildman–Crippen LogP) is 2.54. The summed E-state index contributed by atoms with van der Waals surface area (Å²) in [6.07, 6.45) is -0.557. The molecule has 116 valence electrons. The Balaban J connectivity index is 2.10. The van der Waals surface area contributed by atoms with Crippen LogP contribution in [0.25, 0.3) is 0 Å². The van der Waals surface area contributed by atoms with Crippen LogP contribution >= 0.6 is 0 Å². The van der Waals surface area contributed by atoms with Gasteiger partial charge in [-0.05, 0) is 32.4 Å². The molecule has 1 fully saturated rings. The number of hydrogen-bond acceptors (Lipinski definition) is 3. The second-order valence-corrected chi connectivity index (χ2v) is 6.16. The Morgan fingerprint density at radius 2 is 2.05 bits per heavy atom. The SMILES string of the molecule is CC(C)(C)OC(=O)NC1CNCC1c1cccc(F)c1F. The van der Waals surface area contributed by atoms with Gasteiger partial charge in [0.15, 0.2) is 11.6 Å². The van der Waals surface area contributed by atoms with E-state index in [2.05, 4.69) is 10.6 Å². The molecular formula is C15H20F2N2O2. The van der Waals surface area contributed by atoms with Gasteiger partial charge in [0.25, 0.3) is 0 Å². The van der Waals surface area contributed by atoms with Crippen LogP contribution in [0.15, 0.2) is 18.2 Å². The van der Waals surface area contributed by atoms with Crippen LogP contribution in [-0.4, -0.2) is 30.8 Å². The molecule has 1 saturated heterocycles. The quantitative estimate of drug-likeness (QED) is 0.882. The summed E-state index contributed by atoms with van der Waals surface area (Å²) in [5.41, 5.74) is -0.337. The Morgan fingerprint density at radius 1 is 1.33 bits per heavy atom. The lowest BCUT2D eigenvalue weighted by molar-refractivity contribution is 0.0504. The van der Waals surface area contributed by atoms with Gasteiger partial charge in [-0.2, -0.15) is 0 Å². The first-order valence-electron chi connectivity index (χ1n) is 6.92. The van der Waals surface area contributed by atoms with E-state index >= 15 is 0 Å². The first-order valence-corrected chi connectivity index (χ1v) is 6.92. The standard InChI is InChI=1S/C15H20F2N2O2/c1-15(2,3)21-14(20)19-12-8-18-7-10(12)9-5-4-6-11(16)13(9)17/h4-6,10,12,18H,7-8H2,1-3H3,(H,19,20). The van der Waals surface area contributed by atoms with Crippen molar-refractivity contribution >= 4 is 6.09 Å². The fraction of sp³-hybridized carbons (Fsp3) is 0.533. The predicted molar refractivity (Wildman–Crippen MR) is 75.1 cm³/mol. The van der Waals surface area contributed by atoms with Crippen molar-refractivity contribution in [3.05, 3.63) is 35.4 Å². The van der Waals surface area contributed by atoms with Gasteiger partial charge in [0.1, 0.15) is 5.60 Å². The molecule has 1 heterocycles. The number of halogens is 2. The summed E-state index contributed by atoms with van der Waals surface area (Å²) in [4.78, 5) is 11.8. The molecule has 21 heavy (non-hydrogen) atoms. The Morgan fingerprint density at radius 3 is 2.71 bits per heavy atom. The van der Waals surface area contributed by atoms with Gasteiger partial charge in [-0.15, -0.1) is 0 Å². The molecule has 0 bridgehead atoms. The van der Waals surface area contributed by atoms with Gasteiger partial charge in [0, 0.05) is 19.0 Å². The highest BCUT2D eigenvalue weighted by Crippen LogP contribution is 2.26. The Kier molecular flexibility index (Phi) is 4.46. The molecule has 0 aliphatic carbocycles. The Hall–Kier alpha value is -1.69. The summed E-state index contributed by atoms with van der Waals surface area (Å²) in [5.74, 6) is -2.06. The normalized spacial score (nSPS) is 22.1. The van der Waals surface area contributed by atoms with Gasteiger partial charge < -0.3 is 15.4 Å². The number of nitrogens with one attached hydrogen (secondary N) is 2. The molecule has 0 saturated carbocycles. The molecule has 0 radical (unpaired) electrons. The van der Waals surface area contributed by atoms with Gasteiger partial charge in [-0.3, -0.25) is 0 Å². The molecule has 1 aliphatic heterocycles. The van der Waals surface area contributed by atoms with Crippen molar-refractivity contribution in [2.45, 2.75) is 38.3 Å². The van der Waals surface area contributed by atoms with Crippen LogP contribution in [0.5, 0.6) is 0 Å². The summed E-state index contributed by atoms with van der Waals surface area (Å²) in [6.45, 7) is 6.26. The molecule has 2 atom stereocenters. The van der Waals surface area contributed by atoms with Gasteiger partial charge >= 0.3 is 6.09 Å². The molecular weight excluding hydrogens is 278 g/mol. The largest absolute Gasteiger partial charge is 0.444 e. The number of benzene rings is 1. The second kappa shape index (κ2) is 5.97. The topological polar surface area (TPSA) is 50.4 Å². The molecule has 1 amide bonds. The van der Waals surface area contributed by atoms with Gasteiger partial charge in [0.2, 0.25) is 0 Å². The van der Waals surface area contributed by atoms with Crippen LogP contribution in [0.2, 0.25) is 0 Å². The molecule has 1 aromatic rings. The van der Waals surface area contributed by atoms with E-state index in [4.69, 9.17) is 4.74 Å². The zero-order valence-electron chi connectivity index (χ0n) is 12.4. The average Bonchev–Trinajstić information content (AvgIpc) is 2.78. The lowest BCUT2D eigenvalue weighted by Gasteiger charge is -2.24. The summed E-state index contributed by atoms with van der Waals surface area (Å²) < 4.78 is 32.4. The van der Waals surface area contributed by atoms with Gasteiger partial charge in [-0.25, -0.2) is 13.6 Å². The highest BCUT2D eigenvalue weighted by atomic mass is 19.2. The number of rotatable bonds is 2. The average molecular weight is 298 g/mol. The highest BCUT2D eigenvalue weighted by molar-refractivity contribution is 5.68. The summed E-state index contributed by atoms with van der Waals surface area (Å²) in [7, 11) is 0. The number of carbonyl (C=O) groups excluding carboxylic acids is 1. The van der Waals surface area contributed by atoms with Crippen LogP contribution in [0.4, 0.5) is 13.6 Å². The van der Waals surface area contributed by atoms with E-state index in [1.165, 1.54) is 6.07 Å². The molecule has 2 rings (SSSR count). The molecule has 2 unspecified atom stereocenters. The number of hydrogen-bond donors (Lipinski definition) is 2. The van der Waals surface area contributed by atoms with Crippen molar-refractivity contribution in [3.8, 4) is 0 Å². The molecule has 1 aliphatic rings. The summed E-state index contributed by atoms with van der Waals surface area (Å²) >= 11 is 0. The van der Waals surface area contributed by atoms with E-state index in [9.17, 15) is 13.6 Å². The molecule has 0 spiro atoms. The lowest BCUT2D eigenvalue weighted by Crippen LogP contribution is -2.42. The fourth-order valence-corrected chi connectivity index (χ4v) is 2.42. The number of carbonyl (C=O) groups is 1. The zero-order valence-corrected chi connectivity index (χ0v) is 12.4. The lowest BCUT2D eigenvalue weighted by atomic mass is 9.94. The Labute approximate surface area is 122 Å². The van der Waals surface area contributed by atoms with Crippen molar-refractivity contribution in [2.24, 2.45) is 0 Å². The van der Waals surface area contributed by atoms with E-state index in [-0.39, 0.29) is 17.5 Å². The molecule has 4 nitrogen and oxygen atoms in total. The monoisotopic (exact) mass is 298 g/mol. The molecule has 2 N–H and O–H groups in total. The van der Waals surface area contributed by atoms with Crippen molar-refractivity contribution in [1.82, 2.24) is 10.6 Å². The minimum absolute atomic E-state index is 0.265. The smallest absolute Gasteiger partial charge is 0.407 e. The first-order chi connectivity index (χ1) is 9.78. The number of amides is 1. The van der Waals surface area contributed by atoms with Crippen molar-refractivity contribution < 1.29 is 18.3 Å². The summed E-state index contributed by atoms with van der Waals surface area (Å²) in [6, 6.07) is 3.75. The summed E-state index contributed by atoms with van der Waals surface area (Å²) in [5, 5.41) is 5.79. The minimum Gasteiger partial charge on any atom is -0.444 e. The third kappa shape index (κ3) is 3.91. The van der Waals surface area contributed by atoms with E-state index < -0.39 is 23.3 Å². The van der Waals surface area contributed by atoms with E-state index in [1.54, 1.807) is 26.8 Å². The van der Waals surface area contributed by atoms with Gasteiger partial charge in [0.05, 0.1) is 6.04 Å². The maximum atomic E-state index is 13.9. The van der Waals surface area contributed by atoms with E-state index in [1.807, 2.05) is 0 Å². The van der Waals surface area contributed by atoms with Crippen molar-refractivity contribution in [3.63, 3.8) is 0 Å². The van der Waals surface area contributed by atoms with E-state index in [0.29, 0.717) is 13.1 Å². The van der Waals surface area contributed by atoms with Crippen LogP contribution in [-0.2, 0) is 4.74 Å². The first kappa shape index (κ1) is 15.7. The third-order valence-corrected chi connectivity index (χ3v) is 3.30. The molecule has 0 aromatic heterocycles. The second-order valence-electron chi connectivity index (χ2n) is 6.16. The van der Waals surface area contributed by atoms with E-state index in [0.717, 1.165) is 6.07 Å². The van der Waals surface area contributed by atoms with Crippen LogP contribution in [0, 0.1) is 11.6 Å².